The number of hydrogen-bond acceptors (Lipinski definition) is 4. The monoisotopic (exact) mass is 399 g/mol. The van der Waals surface area contributed by atoms with Gasteiger partial charge in [0.05, 0.1) is 11.1 Å². The van der Waals surface area contributed by atoms with Crippen LogP contribution in [-0.2, 0) is 4.79 Å². The van der Waals surface area contributed by atoms with Crippen molar-refractivity contribution in [2.45, 2.75) is 13.8 Å². The van der Waals surface area contributed by atoms with Gasteiger partial charge in [-0.3, -0.25) is 4.79 Å². The number of carbonyl (C=O) groups excluding carboxylic acids is 1. The van der Waals surface area contributed by atoms with E-state index >= 15 is 0 Å². The molecule has 1 aromatic heterocycles. The van der Waals surface area contributed by atoms with Crippen molar-refractivity contribution in [2.24, 2.45) is 5.41 Å². The van der Waals surface area contributed by atoms with Crippen LogP contribution in [0.25, 0.3) is 11.3 Å². The van der Waals surface area contributed by atoms with Gasteiger partial charge < -0.3 is 10.2 Å². The molecule has 0 spiro atoms. The maximum absolute atomic E-state index is 12.2. The smallest absolute Gasteiger partial charge is 0.231 e. The Morgan fingerprint density at radius 1 is 1.15 bits per heavy atom. The van der Waals surface area contributed by atoms with Crippen LogP contribution >= 0.6 is 22.9 Å². The van der Waals surface area contributed by atoms with Gasteiger partial charge in [0.25, 0.3) is 0 Å². The van der Waals surface area contributed by atoms with Crippen LogP contribution in [0.15, 0.2) is 60.0 Å². The summed E-state index contributed by atoms with van der Waals surface area (Å²) in [6, 6.07) is 17.8. The summed E-state index contributed by atoms with van der Waals surface area (Å²) < 4.78 is 0. The van der Waals surface area contributed by atoms with Crippen LogP contribution in [0.1, 0.15) is 13.8 Å². The van der Waals surface area contributed by atoms with Gasteiger partial charge in [0, 0.05) is 35.2 Å². The van der Waals surface area contributed by atoms with Gasteiger partial charge in [-0.2, -0.15) is 0 Å². The summed E-state index contributed by atoms with van der Waals surface area (Å²) in [5, 5.41) is 5.88. The van der Waals surface area contributed by atoms with E-state index < -0.39 is 5.41 Å². The number of alkyl halides is 1. The van der Waals surface area contributed by atoms with Gasteiger partial charge in [0.1, 0.15) is 0 Å². The van der Waals surface area contributed by atoms with Gasteiger partial charge in [-0.15, -0.1) is 22.9 Å². The van der Waals surface area contributed by atoms with Gasteiger partial charge in [-0.25, -0.2) is 4.98 Å². The molecule has 0 saturated carbocycles. The second-order valence-electron chi connectivity index (χ2n) is 6.96. The lowest BCUT2D eigenvalue weighted by Crippen LogP contribution is -2.32. The molecule has 0 aliphatic rings. The summed E-state index contributed by atoms with van der Waals surface area (Å²) >= 11 is 7.46. The van der Waals surface area contributed by atoms with E-state index in [0.717, 1.165) is 27.8 Å². The molecule has 1 amide bonds. The normalized spacial score (nSPS) is 11.3. The zero-order valence-electron chi connectivity index (χ0n) is 15.6. The Morgan fingerprint density at radius 2 is 1.81 bits per heavy atom. The Morgan fingerprint density at radius 3 is 2.44 bits per heavy atom. The number of carbonyl (C=O) groups is 1. The number of anilines is 3. The average molecular weight is 400 g/mol. The highest BCUT2D eigenvalue weighted by atomic mass is 35.5. The fourth-order valence-corrected chi connectivity index (χ4v) is 3.34. The van der Waals surface area contributed by atoms with E-state index in [1.54, 1.807) is 11.3 Å². The van der Waals surface area contributed by atoms with Crippen LogP contribution in [-0.4, -0.2) is 23.8 Å². The van der Waals surface area contributed by atoms with Crippen molar-refractivity contribution >= 4 is 45.4 Å². The number of benzene rings is 2. The summed E-state index contributed by atoms with van der Waals surface area (Å²) in [6.07, 6.45) is 0. The van der Waals surface area contributed by atoms with E-state index in [-0.39, 0.29) is 11.8 Å². The third kappa shape index (κ3) is 4.49. The first-order valence-corrected chi connectivity index (χ1v) is 10.0. The van der Waals surface area contributed by atoms with Crippen LogP contribution in [0.2, 0.25) is 0 Å². The second kappa shape index (κ2) is 8.11. The molecule has 3 rings (SSSR count). The van der Waals surface area contributed by atoms with E-state index in [9.17, 15) is 4.79 Å². The second-order valence-corrected chi connectivity index (χ2v) is 8.06. The largest absolute Gasteiger partial charge is 0.326 e. The first-order chi connectivity index (χ1) is 12.9. The van der Waals surface area contributed by atoms with Crippen molar-refractivity contribution in [3.8, 4) is 11.3 Å². The number of nitrogens with one attached hydrogen (secondary N) is 1. The van der Waals surface area contributed by atoms with E-state index in [2.05, 4.69) is 22.3 Å². The van der Waals surface area contributed by atoms with Gasteiger partial charge in [-0.05, 0) is 38.1 Å². The molecule has 0 radical (unpaired) electrons. The molecule has 0 bridgehead atoms. The van der Waals surface area contributed by atoms with E-state index in [1.165, 1.54) is 0 Å². The molecule has 3 aromatic rings. The zero-order chi connectivity index (χ0) is 19.4. The standard InChI is InChI=1S/C21H22ClN3OS/c1-21(2,14-22)19(26)23-16-11-9-15(10-12-16)18-13-27-20(24-18)25(3)17-7-5-4-6-8-17/h4-13H,14H2,1-3H3,(H,23,26). The molecular formula is C21H22ClN3OS. The Hall–Kier alpha value is -2.37. The lowest BCUT2D eigenvalue weighted by molar-refractivity contribution is -0.122. The summed E-state index contributed by atoms with van der Waals surface area (Å²) in [4.78, 5) is 19.0. The number of aromatic nitrogens is 1. The molecule has 6 heteroatoms. The first kappa shape index (κ1) is 19.4. The fourth-order valence-electron chi connectivity index (χ4n) is 2.40. The Kier molecular flexibility index (Phi) is 5.82. The van der Waals surface area contributed by atoms with Crippen LogP contribution in [0, 0.1) is 5.41 Å². The molecular weight excluding hydrogens is 378 g/mol. The number of rotatable bonds is 6. The van der Waals surface area contributed by atoms with Crippen LogP contribution in [0.3, 0.4) is 0 Å². The number of amides is 1. The summed E-state index contributed by atoms with van der Waals surface area (Å²) in [5.74, 6) is 0.179. The van der Waals surface area contributed by atoms with Crippen molar-refractivity contribution in [3.05, 3.63) is 60.0 Å². The number of hydrogen-bond donors (Lipinski definition) is 1. The predicted octanol–water partition coefficient (Wildman–Crippen LogP) is 5.78. The highest BCUT2D eigenvalue weighted by molar-refractivity contribution is 7.14. The minimum atomic E-state index is -0.605. The highest BCUT2D eigenvalue weighted by Crippen LogP contribution is 2.31. The average Bonchev–Trinajstić information content (AvgIpc) is 3.18. The van der Waals surface area contributed by atoms with Crippen LogP contribution in [0.5, 0.6) is 0 Å². The summed E-state index contributed by atoms with van der Waals surface area (Å²) in [6.45, 7) is 3.65. The lowest BCUT2D eigenvalue weighted by Gasteiger charge is -2.20. The molecule has 0 aliphatic carbocycles. The SMILES string of the molecule is CN(c1ccccc1)c1nc(-c2ccc(NC(=O)C(C)(C)CCl)cc2)cs1. The fraction of sp³-hybridized carbons (Fsp3) is 0.238. The number of thiazole rings is 1. The molecule has 27 heavy (non-hydrogen) atoms. The quantitative estimate of drug-likeness (QED) is 0.534. The number of nitrogens with zero attached hydrogens (tertiary/aromatic N) is 2. The zero-order valence-corrected chi connectivity index (χ0v) is 17.1. The molecule has 0 unspecified atom stereocenters. The van der Waals surface area contributed by atoms with Crippen molar-refractivity contribution in [1.29, 1.82) is 0 Å². The molecule has 2 aromatic carbocycles. The van der Waals surface area contributed by atoms with Crippen molar-refractivity contribution in [3.63, 3.8) is 0 Å². The molecule has 140 valence electrons. The van der Waals surface area contributed by atoms with Crippen molar-refractivity contribution < 1.29 is 4.79 Å². The molecule has 1 heterocycles. The minimum Gasteiger partial charge on any atom is -0.326 e. The maximum Gasteiger partial charge on any atom is 0.231 e. The Balaban J connectivity index is 1.73. The van der Waals surface area contributed by atoms with E-state index in [1.807, 2.05) is 68.7 Å². The molecule has 4 nitrogen and oxygen atoms in total. The van der Waals surface area contributed by atoms with Gasteiger partial charge >= 0.3 is 0 Å². The Labute approximate surface area is 168 Å². The molecule has 0 saturated heterocycles. The molecule has 0 fully saturated rings. The Bertz CT molecular complexity index is 907. The molecule has 1 N–H and O–H groups in total. The van der Waals surface area contributed by atoms with Gasteiger partial charge in [-0.1, -0.05) is 30.3 Å². The van der Waals surface area contributed by atoms with Gasteiger partial charge in [0.2, 0.25) is 5.91 Å². The maximum atomic E-state index is 12.2. The topological polar surface area (TPSA) is 45.2 Å². The van der Waals surface area contributed by atoms with Crippen LogP contribution in [0.4, 0.5) is 16.5 Å². The van der Waals surface area contributed by atoms with Crippen LogP contribution < -0.4 is 10.2 Å². The lowest BCUT2D eigenvalue weighted by atomic mass is 9.95. The highest BCUT2D eigenvalue weighted by Gasteiger charge is 2.26. The van der Waals surface area contributed by atoms with Gasteiger partial charge in [0.15, 0.2) is 5.13 Å². The van der Waals surface area contributed by atoms with E-state index in [0.29, 0.717) is 0 Å². The minimum absolute atomic E-state index is 0.0920. The van der Waals surface area contributed by atoms with E-state index in [4.69, 9.17) is 16.6 Å². The third-order valence-corrected chi connectivity index (χ3v) is 5.90. The first-order valence-electron chi connectivity index (χ1n) is 8.63. The summed E-state index contributed by atoms with van der Waals surface area (Å²) in [7, 11) is 2.01. The number of halogens is 1. The predicted molar refractivity (Wildman–Crippen MR) is 115 cm³/mol. The van der Waals surface area contributed by atoms with Crippen molar-refractivity contribution in [1.82, 2.24) is 4.98 Å². The summed E-state index contributed by atoms with van der Waals surface area (Å²) in [5.41, 5.74) is 3.16. The van der Waals surface area contributed by atoms with Crippen molar-refractivity contribution in [2.75, 3.05) is 23.1 Å². The third-order valence-electron chi connectivity index (χ3n) is 4.31. The molecule has 0 aliphatic heterocycles. The molecule has 0 atom stereocenters. The number of para-hydroxylation sites is 1.